The Labute approximate surface area is 869 Å². The highest BCUT2D eigenvalue weighted by atomic mass is 32.3. The smallest absolute Gasteiger partial charge is 0.264 e. The van der Waals surface area contributed by atoms with Gasteiger partial charge >= 0.3 is 0 Å². The third kappa shape index (κ3) is 56.4. The highest BCUT2D eigenvalue weighted by molar-refractivity contribution is 7.87. The minimum absolute atomic E-state index is 0.0482. The fourth-order valence-corrected chi connectivity index (χ4v) is 17.6. The second kappa shape index (κ2) is 64.1. The van der Waals surface area contributed by atoms with Crippen molar-refractivity contribution in [3.8, 4) is 69.0 Å². The first-order valence-electron chi connectivity index (χ1n) is 47.1. The summed E-state index contributed by atoms with van der Waals surface area (Å²) in [5.74, 6) is -10.2. The molecule has 0 spiro atoms. The number of nitrogens with zero attached hydrogens (tertiary/aromatic N) is 7. The molecule has 150 heavy (non-hydrogen) atoms. The van der Waals surface area contributed by atoms with Gasteiger partial charge in [0.15, 0.2) is 46.0 Å². The van der Waals surface area contributed by atoms with E-state index in [9.17, 15) is 136 Å². The zero-order valence-corrected chi connectivity index (χ0v) is 89.3. The average molecular weight is 2310 g/mol. The lowest BCUT2D eigenvalue weighted by Crippen LogP contribution is -2.26. The normalized spacial score (nSPS) is 12.3. The zero-order valence-electron chi connectivity index (χ0n) is 81.9. The van der Waals surface area contributed by atoms with Crippen LogP contribution in [0.1, 0.15) is 188 Å². The van der Waals surface area contributed by atoms with Crippen molar-refractivity contribution in [3.63, 3.8) is 0 Å². The number of allylic oxidation sites excluding steroid dienone is 1. The molecule has 4 amide bonds. The van der Waals surface area contributed by atoms with Crippen molar-refractivity contribution in [2.45, 2.75) is 161 Å². The first-order chi connectivity index (χ1) is 70.6. The number of ether oxygens (including phenoxy) is 12. The van der Waals surface area contributed by atoms with Crippen LogP contribution in [-0.2, 0) is 117 Å². The van der Waals surface area contributed by atoms with Crippen molar-refractivity contribution in [3.05, 3.63) is 106 Å². The molecule has 0 bridgehead atoms. The number of nitrogens with one attached hydrogen (secondary N) is 6. The van der Waals surface area contributed by atoms with E-state index >= 15 is 0 Å². The van der Waals surface area contributed by atoms with Gasteiger partial charge in [0.05, 0.1) is 148 Å². The predicted octanol–water partition coefficient (Wildman–Crippen LogP) is 5.19. The van der Waals surface area contributed by atoms with E-state index in [2.05, 4.69) is 52.3 Å². The lowest BCUT2D eigenvalue weighted by Gasteiger charge is -2.19. The van der Waals surface area contributed by atoms with Crippen molar-refractivity contribution in [1.29, 1.82) is 5.53 Å². The van der Waals surface area contributed by atoms with Gasteiger partial charge in [-0.05, 0) is 190 Å². The molecule has 0 unspecified atom stereocenters. The van der Waals surface area contributed by atoms with E-state index in [-0.39, 0.29) is 274 Å². The van der Waals surface area contributed by atoms with Crippen LogP contribution in [0.2, 0.25) is 0 Å². The number of unbranched alkanes of at least 4 members (excludes halogenated alkanes) is 3. The summed E-state index contributed by atoms with van der Waals surface area (Å²) in [5.41, 5.74) is 9.40. The van der Waals surface area contributed by atoms with E-state index in [4.69, 9.17) is 62.4 Å². The van der Waals surface area contributed by atoms with Gasteiger partial charge in [0.25, 0.3) is 115 Å². The van der Waals surface area contributed by atoms with Gasteiger partial charge in [-0.15, -0.1) is 10.2 Å². The van der Waals surface area contributed by atoms with Crippen molar-refractivity contribution in [1.82, 2.24) is 56.6 Å². The molecule has 0 saturated carbocycles. The summed E-state index contributed by atoms with van der Waals surface area (Å²) in [5, 5.41) is 35.0. The molecule has 0 saturated heterocycles. The Balaban J connectivity index is 1.14. The monoisotopic (exact) mass is 2310 g/mol. The summed E-state index contributed by atoms with van der Waals surface area (Å²) >= 11 is 0. The third-order valence-electron chi connectivity index (χ3n) is 20.2. The molecule has 0 radical (unpaired) electrons. The van der Waals surface area contributed by atoms with Gasteiger partial charge in [-0.2, -0.15) is 80.9 Å². The van der Waals surface area contributed by atoms with Crippen LogP contribution in [-0.4, -0.2) is 334 Å². The first-order valence-corrected chi connectivity index (χ1v) is 61.6. The Morgan fingerprint density at radius 2 is 0.520 bits per heavy atom. The van der Waals surface area contributed by atoms with Gasteiger partial charge in [0.1, 0.15) is 0 Å². The van der Waals surface area contributed by atoms with Crippen LogP contribution in [0.5, 0.6) is 69.0 Å². The molecule has 0 aliphatic heterocycles. The number of benzene rings is 4. The molecule has 0 fully saturated rings. The fraction of sp³-hybridized carbons (Fsp3) is 0.600. The van der Waals surface area contributed by atoms with E-state index in [0.717, 1.165) is 0 Å². The third-order valence-corrected chi connectivity index (χ3v) is 27.4. The molecule has 6 rings (SSSR count). The van der Waals surface area contributed by atoms with Crippen molar-refractivity contribution >= 4 is 115 Å². The number of carbonyl (C=O) groups excluding carboxylic acids is 4. The number of hydrogen-bond donors (Lipinski definition) is 15. The fourth-order valence-electron chi connectivity index (χ4n) is 13.2. The minimum atomic E-state index is -4.43. The second-order valence-corrected chi connectivity index (χ2v) is 47.4. The number of carbonyl (C=O) groups is 4. The molecular formula is C85H129N13O43S9. The maximum Gasteiger partial charge on any atom is 0.264 e. The summed E-state index contributed by atoms with van der Waals surface area (Å²) in [6.45, 7) is 0.0934. The summed E-state index contributed by atoms with van der Waals surface area (Å²) in [7, 11) is -39.8. The predicted molar refractivity (Wildman–Crippen MR) is 535 cm³/mol. The van der Waals surface area contributed by atoms with Crippen molar-refractivity contribution < 1.29 is 193 Å². The summed E-state index contributed by atoms with van der Waals surface area (Å²) in [6.07, 6.45) is 8.02. The molecule has 56 nitrogen and oxygen atoms in total. The number of hydrogen-bond acceptors (Lipinski definition) is 41. The van der Waals surface area contributed by atoms with Gasteiger partial charge in [-0.25, -0.2) is 5.53 Å². The Morgan fingerprint density at radius 3 is 0.760 bits per heavy atom. The molecule has 15 N–H and O–H groups in total. The molecule has 0 aliphatic carbocycles. The molecule has 846 valence electrons. The Morgan fingerprint density at radius 1 is 0.300 bits per heavy atom. The molecule has 2 heterocycles. The van der Waals surface area contributed by atoms with Crippen molar-refractivity contribution in [2.24, 2.45) is 5.11 Å². The van der Waals surface area contributed by atoms with Gasteiger partial charge in [0, 0.05) is 86.7 Å². The topological polar surface area (TPSA) is 826 Å². The maximum absolute atomic E-state index is 13.9. The molecule has 0 aliphatic rings. The Kier molecular flexibility index (Phi) is 54.5. The van der Waals surface area contributed by atoms with Crippen LogP contribution < -0.4 is 83.4 Å². The van der Waals surface area contributed by atoms with Crippen LogP contribution in [0.15, 0.2) is 77.9 Å². The molecular weight excluding hydrogens is 2180 g/mol. The van der Waals surface area contributed by atoms with E-state index in [0.29, 0.717) is 101 Å². The average Bonchev–Trinajstić information content (AvgIpc) is 0.855. The van der Waals surface area contributed by atoms with E-state index in [1.807, 2.05) is 6.92 Å². The standard InChI is InChI=1S/C85H129N13O43S9/c1-2-24-88-82(99)63-52-70(130-31-6-4-22-68-61-97(95-93-68)29-10-27-90-84(101)65-56-74(134-36-14-45-144(109,110)111)80(140-41-19-50-149(124,125)126)75(57-65)135-37-15-46-145(112,113)114)78(138-33-8-3-21-67(92-86)60-87-25-9-26-89-83(100)64-54-72(132-34-12-43-142(103,104)105)79(139-40-18-49-148(121,122)123)73(55-64)133-35-13-44-143(106,107)108)71(53-63)131-32-7-5-23-69-62-98(96-94-69)30-11-28-91-85(102)66-58-76(136-38-16-47-146(115,116)117)81(141-42-20-51-150(127,128)129)77(59-66)137-39-17-48-147(118,119)120/h52-62,86-87H,2-51H2,1H3,(H,88,99)(H,89,100)(H,90,101)(H,91,102)(H,103,104,105)(H,106,107,108)(H,109,110,111)(H,112,113,114)(H,115,116,117)(H,118,119,120)(H,121,122,123)(H,124,125,126)(H,127,128,129)/b67-60-,92-86?. The highest BCUT2D eigenvalue weighted by Gasteiger charge is 2.28. The molecule has 0 atom stereocenters. The van der Waals surface area contributed by atoms with Crippen molar-refractivity contribution in [2.75, 3.05) is 164 Å². The van der Waals surface area contributed by atoms with Gasteiger partial charge in [-0.1, -0.05) is 17.4 Å². The van der Waals surface area contributed by atoms with E-state index in [1.165, 1.54) is 54.7 Å². The zero-order chi connectivity index (χ0) is 111. The maximum atomic E-state index is 13.9. The van der Waals surface area contributed by atoms with Crippen LogP contribution >= 0.6 is 0 Å². The largest absolute Gasteiger partial charge is 0.490 e. The summed E-state index contributed by atoms with van der Waals surface area (Å²) < 4.78 is 364. The summed E-state index contributed by atoms with van der Waals surface area (Å²) in [6, 6.07) is 10.4. The SMILES string of the molecule is CCCNC(=O)c1cc(OCCCCc2cn(CCCNC(=O)c3cc(OCCCS(=O)(=O)O)c(OCCCS(=O)(=O)O)c(OCCCS(=O)(=O)O)c3)nn2)c(OCCCC/C(=C/NCCCNC(=O)c2cc(OCCCS(=O)(=O)O)c(OCCCS(=O)(=O)O)c(OCCCS(=O)(=O)O)c2)N=N)c(OCCCCc2cn(CCCNC(=O)c3cc(OCCCS(=O)(=O)O)c(OCCCS(=O)(=O)O)c(OCCCS(=O)(=O)O)c3)nn2)c1. The van der Waals surface area contributed by atoms with Gasteiger partial charge in [-0.3, -0.25) is 69.5 Å². The van der Waals surface area contributed by atoms with E-state index < -0.39 is 166 Å². The Hall–Kier alpha value is -11.0. The highest BCUT2D eigenvalue weighted by Crippen LogP contribution is 2.44. The first kappa shape index (κ1) is 128. The van der Waals surface area contributed by atoms with Crippen LogP contribution in [0.25, 0.3) is 0 Å². The molecule has 65 heteroatoms. The molecule has 4 aromatic carbocycles. The lowest BCUT2D eigenvalue weighted by atomic mass is 10.1. The molecule has 6 aromatic rings. The van der Waals surface area contributed by atoms with E-state index in [1.54, 1.807) is 21.8 Å². The number of aromatic nitrogens is 6. The van der Waals surface area contributed by atoms with Crippen LogP contribution in [0.4, 0.5) is 0 Å². The summed E-state index contributed by atoms with van der Waals surface area (Å²) in [4.78, 5) is 55.0. The van der Waals surface area contributed by atoms with Crippen LogP contribution in [0, 0.1) is 5.53 Å². The van der Waals surface area contributed by atoms with Gasteiger partial charge in [0.2, 0.25) is 23.0 Å². The number of amides is 4. The number of rotatable bonds is 83. The second-order valence-electron chi connectivity index (χ2n) is 33.2. The molecule has 2 aromatic heterocycles. The van der Waals surface area contributed by atoms with Gasteiger partial charge < -0.3 is 83.4 Å². The quantitative estimate of drug-likeness (QED) is 0.0133. The lowest BCUT2D eigenvalue weighted by molar-refractivity contribution is 0.0943. The Bertz CT molecular complexity index is 6060. The minimum Gasteiger partial charge on any atom is -0.490 e. The van der Waals surface area contributed by atoms with Crippen LogP contribution in [0.3, 0.4) is 0 Å². The number of aryl methyl sites for hydroxylation is 4.